The molecule has 1 aliphatic rings. The molecule has 0 N–H and O–H groups in total. The molecule has 3 aromatic heterocycles. The number of rotatable bonds is 3. The van der Waals surface area contributed by atoms with Crippen molar-refractivity contribution in [3.63, 3.8) is 0 Å². The molecule has 1 aliphatic carbocycles. The van der Waals surface area contributed by atoms with Crippen molar-refractivity contribution in [2.45, 2.75) is 19.3 Å². The molecule has 3 heterocycles. The molecular formula is C57H36N2S. The fourth-order valence-electron chi connectivity index (χ4n) is 10.4. The lowest BCUT2D eigenvalue weighted by atomic mass is 9.82. The largest absolute Gasteiger partial charge is 0.263 e. The van der Waals surface area contributed by atoms with Crippen molar-refractivity contribution < 1.29 is 0 Å². The molecule has 0 saturated heterocycles. The third-order valence-electron chi connectivity index (χ3n) is 13.3. The smallest absolute Gasteiger partial charge is 0.0722 e. The maximum atomic E-state index is 5.58. The molecule has 0 aliphatic heterocycles. The van der Waals surface area contributed by atoms with Gasteiger partial charge in [0.1, 0.15) is 0 Å². The fraction of sp³-hybridized carbons (Fsp3) is 0.0526. The monoisotopic (exact) mass is 780 g/mol. The van der Waals surface area contributed by atoms with Crippen molar-refractivity contribution >= 4 is 85.4 Å². The van der Waals surface area contributed by atoms with Crippen LogP contribution in [-0.4, -0.2) is 9.97 Å². The van der Waals surface area contributed by atoms with Gasteiger partial charge in [0.2, 0.25) is 0 Å². The minimum absolute atomic E-state index is 0.121. The van der Waals surface area contributed by atoms with Crippen molar-refractivity contribution in [1.82, 2.24) is 9.97 Å². The summed E-state index contributed by atoms with van der Waals surface area (Å²) in [6.07, 6.45) is 4.12. The van der Waals surface area contributed by atoms with Gasteiger partial charge < -0.3 is 0 Å². The molecule has 0 unspecified atom stereocenters. The van der Waals surface area contributed by atoms with Crippen LogP contribution in [0.5, 0.6) is 0 Å². The number of nitrogens with zero attached hydrogens (tertiary/aromatic N) is 2. The van der Waals surface area contributed by atoms with E-state index >= 15 is 0 Å². The van der Waals surface area contributed by atoms with E-state index in [1.54, 1.807) is 0 Å². The molecule has 0 bridgehead atoms. The Bertz CT molecular complexity index is 3820. The first-order chi connectivity index (χ1) is 29.5. The first-order valence-electron chi connectivity index (χ1n) is 20.7. The first-order valence-corrected chi connectivity index (χ1v) is 21.5. The van der Waals surface area contributed by atoms with Gasteiger partial charge in [-0.1, -0.05) is 147 Å². The van der Waals surface area contributed by atoms with Crippen LogP contribution in [0.1, 0.15) is 25.0 Å². The van der Waals surface area contributed by atoms with E-state index in [4.69, 9.17) is 9.97 Å². The highest BCUT2D eigenvalue weighted by Gasteiger charge is 2.35. The number of benzene rings is 9. The molecule has 0 amide bonds. The Labute approximate surface area is 351 Å². The molecule has 0 saturated carbocycles. The van der Waals surface area contributed by atoms with Crippen molar-refractivity contribution in [2.75, 3.05) is 0 Å². The molecule has 280 valence electrons. The summed E-state index contributed by atoms with van der Waals surface area (Å²) < 4.78 is 2.50. The van der Waals surface area contributed by atoms with E-state index in [1.807, 2.05) is 11.3 Å². The van der Waals surface area contributed by atoms with E-state index in [-0.39, 0.29) is 5.41 Å². The van der Waals surface area contributed by atoms with E-state index in [2.05, 4.69) is 196 Å². The van der Waals surface area contributed by atoms with Gasteiger partial charge >= 0.3 is 0 Å². The van der Waals surface area contributed by atoms with Crippen LogP contribution in [0.25, 0.3) is 119 Å². The maximum absolute atomic E-state index is 5.58. The molecule has 0 spiro atoms. The lowest BCUT2D eigenvalue weighted by Gasteiger charge is -2.22. The number of fused-ring (bicyclic) bond motifs is 15. The molecule has 0 radical (unpaired) electrons. The number of hydrogen-bond donors (Lipinski definition) is 0. The maximum Gasteiger partial charge on any atom is 0.0722 e. The van der Waals surface area contributed by atoms with Crippen LogP contribution < -0.4 is 0 Å². The Morgan fingerprint density at radius 1 is 0.383 bits per heavy atom. The zero-order valence-electron chi connectivity index (χ0n) is 33.1. The van der Waals surface area contributed by atoms with Gasteiger partial charge in [0.05, 0.1) is 11.4 Å². The number of aromatic nitrogens is 2. The molecule has 13 rings (SSSR count). The van der Waals surface area contributed by atoms with Crippen molar-refractivity contribution in [3.8, 4) is 44.8 Å². The van der Waals surface area contributed by atoms with E-state index in [0.29, 0.717) is 0 Å². The van der Waals surface area contributed by atoms with Gasteiger partial charge in [-0.25, -0.2) is 4.98 Å². The summed E-state index contributed by atoms with van der Waals surface area (Å²) in [5.41, 5.74) is 11.6. The Hall–Kier alpha value is -7.20. The summed E-state index contributed by atoms with van der Waals surface area (Å²) in [7, 11) is 0. The summed E-state index contributed by atoms with van der Waals surface area (Å²) in [4.78, 5) is 10.6. The highest BCUT2D eigenvalue weighted by atomic mass is 32.1. The SMILES string of the molecule is CC1(C)c2ccccc2-c2ccc(-c3cc(-c4cncc5c4sc4cc6c7ccccc7c7ccccc7c6cc45)cc(-c4cc5ccccc5c5ccccc45)n3)cc21. The summed E-state index contributed by atoms with van der Waals surface area (Å²) in [6, 6.07) is 62.7. The van der Waals surface area contributed by atoms with Crippen molar-refractivity contribution in [2.24, 2.45) is 0 Å². The Morgan fingerprint density at radius 2 is 0.983 bits per heavy atom. The standard InChI is InChI=1S/C57H36N2S/c1-57(2)51-22-12-11-21-43(51)44-24-23-34(26-52(44)57)53-27-35(28-54(59-53)47-25-33-13-3-4-14-36(33)37-15-5-10-20-42(37)47)49-31-58-32-50-48-29-45-40-18-8-6-16-38(40)39-17-7-9-19-41(39)46(45)30-55(48)60-56(49)50/h3-32H,1-2H3. The second kappa shape index (κ2) is 12.4. The average Bonchev–Trinajstić information content (AvgIpc) is 3.79. The minimum atomic E-state index is -0.121. The number of thiophene rings is 1. The van der Waals surface area contributed by atoms with Gasteiger partial charge in [0.25, 0.3) is 0 Å². The van der Waals surface area contributed by atoms with Crippen LogP contribution in [0.15, 0.2) is 182 Å². The molecular weight excluding hydrogens is 745 g/mol. The Balaban J connectivity index is 1.08. The summed E-state index contributed by atoms with van der Waals surface area (Å²) in [5.74, 6) is 0. The lowest BCUT2D eigenvalue weighted by molar-refractivity contribution is 0.660. The van der Waals surface area contributed by atoms with E-state index in [1.165, 1.54) is 96.3 Å². The Morgan fingerprint density at radius 3 is 1.75 bits per heavy atom. The third-order valence-corrected chi connectivity index (χ3v) is 14.5. The highest BCUT2D eigenvalue weighted by Crippen LogP contribution is 2.50. The van der Waals surface area contributed by atoms with Crippen LogP contribution in [0.2, 0.25) is 0 Å². The van der Waals surface area contributed by atoms with Crippen molar-refractivity contribution in [1.29, 1.82) is 0 Å². The zero-order chi connectivity index (χ0) is 39.7. The highest BCUT2D eigenvalue weighted by molar-refractivity contribution is 7.26. The topological polar surface area (TPSA) is 25.8 Å². The molecule has 9 aromatic carbocycles. The summed E-state index contributed by atoms with van der Waals surface area (Å²) >= 11 is 1.87. The summed E-state index contributed by atoms with van der Waals surface area (Å²) in [5, 5.41) is 15.0. The quantitative estimate of drug-likeness (QED) is 0.167. The number of pyridine rings is 2. The van der Waals surface area contributed by atoms with E-state index in [9.17, 15) is 0 Å². The molecule has 0 fully saturated rings. The molecule has 60 heavy (non-hydrogen) atoms. The predicted octanol–water partition coefficient (Wildman–Crippen LogP) is 15.9. The second-order valence-electron chi connectivity index (χ2n) is 16.9. The number of hydrogen-bond acceptors (Lipinski definition) is 3. The average molecular weight is 781 g/mol. The van der Waals surface area contributed by atoms with Crippen LogP contribution >= 0.6 is 11.3 Å². The van der Waals surface area contributed by atoms with Crippen LogP contribution in [0.4, 0.5) is 0 Å². The van der Waals surface area contributed by atoms with Gasteiger partial charge in [0.15, 0.2) is 0 Å². The molecule has 2 nitrogen and oxygen atoms in total. The predicted molar refractivity (Wildman–Crippen MR) is 256 cm³/mol. The van der Waals surface area contributed by atoms with Crippen LogP contribution in [0, 0.1) is 0 Å². The molecule has 12 aromatic rings. The first kappa shape index (κ1) is 33.7. The Kier molecular flexibility index (Phi) is 6.98. The van der Waals surface area contributed by atoms with Gasteiger partial charge in [-0.05, 0) is 118 Å². The summed E-state index contributed by atoms with van der Waals surface area (Å²) in [6.45, 7) is 4.70. The zero-order valence-corrected chi connectivity index (χ0v) is 33.9. The van der Waals surface area contributed by atoms with Gasteiger partial charge in [-0.15, -0.1) is 11.3 Å². The lowest BCUT2D eigenvalue weighted by Crippen LogP contribution is -2.14. The van der Waals surface area contributed by atoms with E-state index < -0.39 is 0 Å². The second-order valence-corrected chi connectivity index (χ2v) is 18.0. The van der Waals surface area contributed by atoms with Crippen LogP contribution in [0.3, 0.4) is 0 Å². The van der Waals surface area contributed by atoms with Crippen LogP contribution in [-0.2, 0) is 5.41 Å². The van der Waals surface area contributed by atoms with E-state index in [0.717, 1.165) is 33.6 Å². The van der Waals surface area contributed by atoms with Gasteiger partial charge in [-0.2, -0.15) is 0 Å². The normalized spacial score (nSPS) is 13.3. The fourth-order valence-corrected chi connectivity index (χ4v) is 11.6. The molecule has 0 atom stereocenters. The minimum Gasteiger partial charge on any atom is -0.263 e. The van der Waals surface area contributed by atoms with Gasteiger partial charge in [0, 0.05) is 54.7 Å². The molecule has 3 heteroatoms. The van der Waals surface area contributed by atoms with Gasteiger partial charge in [-0.3, -0.25) is 4.98 Å². The van der Waals surface area contributed by atoms with Crippen molar-refractivity contribution in [3.05, 3.63) is 193 Å². The third kappa shape index (κ3) is 4.75.